The van der Waals surface area contributed by atoms with E-state index in [-0.39, 0.29) is 22.6 Å². The first kappa shape index (κ1) is 17.0. The molecule has 0 bridgehead atoms. The van der Waals surface area contributed by atoms with Crippen molar-refractivity contribution < 1.29 is 12.8 Å². The van der Waals surface area contributed by atoms with Crippen LogP contribution in [0.4, 0.5) is 10.2 Å². The Hall–Kier alpha value is -2.48. The molecule has 1 aliphatic rings. The standard InChI is InChI=1S/C18H19FN4O2S/c1-23(18-16-5-6-20-17(16)21-11-22-18)14-7-12(8-14)10-26(24,25)15-4-2-3-13(19)9-15/h2-6,9,11-12,14H,7-8,10H2,1H3,(H,20,21,22)/t12-,14+. The fourth-order valence-electron chi connectivity index (χ4n) is 3.53. The second-order valence-corrected chi connectivity index (χ2v) is 8.81. The van der Waals surface area contributed by atoms with Crippen LogP contribution in [0.25, 0.3) is 11.0 Å². The molecular weight excluding hydrogens is 355 g/mol. The molecule has 2 heterocycles. The number of anilines is 1. The Balaban J connectivity index is 1.43. The lowest BCUT2D eigenvalue weighted by Gasteiger charge is -2.41. The molecule has 0 spiro atoms. The SMILES string of the molecule is CN(c1ncnc2[nH]ccc12)[C@H]1C[C@@H](CS(=O)(=O)c2cccc(F)c2)C1. The average molecular weight is 374 g/mol. The highest BCUT2D eigenvalue weighted by Crippen LogP contribution is 2.36. The van der Waals surface area contributed by atoms with E-state index in [4.69, 9.17) is 0 Å². The third-order valence-corrected chi connectivity index (χ3v) is 6.92. The molecule has 0 radical (unpaired) electrons. The summed E-state index contributed by atoms with van der Waals surface area (Å²) in [7, 11) is -1.50. The van der Waals surface area contributed by atoms with Crippen molar-refractivity contribution in [2.24, 2.45) is 5.92 Å². The minimum Gasteiger partial charge on any atom is -0.356 e. The number of fused-ring (bicyclic) bond motifs is 1. The predicted octanol–water partition coefficient (Wildman–Crippen LogP) is 2.79. The third-order valence-electron chi connectivity index (χ3n) is 5.04. The van der Waals surface area contributed by atoms with E-state index in [9.17, 15) is 12.8 Å². The van der Waals surface area contributed by atoms with Crippen molar-refractivity contribution in [3.05, 3.63) is 48.7 Å². The van der Waals surface area contributed by atoms with Gasteiger partial charge in [-0.2, -0.15) is 0 Å². The third kappa shape index (κ3) is 3.05. The number of halogens is 1. The zero-order chi connectivity index (χ0) is 18.3. The Morgan fingerprint density at radius 2 is 2.08 bits per heavy atom. The van der Waals surface area contributed by atoms with E-state index in [0.29, 0.717) is 0 Å². The topological polar surface area (TPSA) is 79.0 Å². The highest BCUT2D eigenvalue weighted by molar-refractivity contribution is 7.91. The van der Waals surface area contributed by atoms with Gasteiger partial charge in [0.15, 0.2) is 9.84 Å². The summed E-state index contributed by atoms with van der Waals surface area (Å²) in [5.74, 6) is 0.424. The molecule has 1 aromatic carbocycles. The van der Waals surface area contributed by atoms with Crippen molar-refractivity contribution >= 4 is 26.7 Å². The number of hydrogen-bond donors (Lipinski definition) is 1. The summed E-state index contributed by atoms with van der Waals surface area (Å²) in [5.41, 5.74) is 0.784. The van der Waals surface area contributed by atoms with E-state index in [1.807, 2.05) is 19.3 Å². The van der Waals surface area contributed by atoms with Crippen LogP contribution >= 0.6 is 0 Å². The molecule has 1 fully saturated rings. The highest BCUT2D eigenvalue weighted by Gasteiger charge is 2.36. The predicted molar refractivity (Wildman–Crippen MR) is 97.3 cm³/mol. The molecule has 0 saturated heterocycles. The van der Waals surface area contributed by atoms with E-state index in [1.54, 1.807) is 0 Å². The molecule has 1 N–H and O–H groups in total. The lowest BCUT2D eigenvalue weighted by Crippen LogP contribution is -2.45. The Morgan fingerprint density at radius 1 is 1.27 bits per heavy atom. The summed E-state index contributed by atoms with van der Waals surface area (Å²) in [4.78, 5) is 13.8. The van der Waals surface area contributed by atoms with Gasteiger partial charge >= 0.3 is 0 Å². The smallest absolute Gasteiger partial charge is 0.178 e. The molecule has 0 amide bonds. The minimum atomic E-state index is -3.47. The van der Waals surface area contributed by atoms with Gasteiger partial charge in [-0.25, -0.2) is 22.8 Å². The molecule has 136 valence electrons. The Morgan fingerprint density at radius 3 is 2.85 bits per heavy atom. The summed E-state index contributed by atoms with van der Waals surface area (Å²) in [6.45, 7) is 0. The van der Waals surface area contributed by atoms with E-state index in [2.05, 4.69) is 19.9 Å². The van der Waals surface area contributed by atoms with Crippen LogP contribution in [0.15, 0.2) is 47.8 Å². The van der Waals surface area contributed by atoms with Crippen molar-refractivity contribution in [2.75, 3.05) is 17.7 Å². The van der Waals surface area contributed by atoms with Crippen molar-refractivity contribution in [1.82, 2.24) is 15.0 Å². The van der Waals surface area contributed by atoms with Crippen molar-refractivity contribution in [3.8, 4) is 0 Å². The normalized spacial score (nSPS) is 20.1. The van der Waals surface area contributed by atoms with Crippen LogP contribution in [0.5, 0.6) is 0 Å². The average Bonchev–Trinajstić information content (AvgIpc) is 3.06. The van der Waals surface area contributed by atoms with Gasteiger partial charge in [-0.1, -0.05) is 6.07 Å². The molecule has 6 nitrogen and oxygen atoms in total. The molecule has 8 heteroatoms. The molecule has 2 aromatic heterocycles. The molecule has 0 unspecified atom stereocenters. The largest absolute Gasteiger partial charge is 0.356 e. The maximum Gasteiger partial charge on any atom is 0.178 e. The second kappa shape index (κ2) is 6.35. The number of benzene rings is 1. The number of aromatic nitrogens is 3. The van der Waals surface area contributed by atoms with Crippen LogP contribution in [0.1, 0.15) is 12.8 Å². The minimum absolute atomic E-state index is 0.0458. The van der Waals surface area contributed by atoms with Gasteiger partial charge < -0.3 is 9.88 Å². The molecule has 26 heavy (non-hydrogen) atoms. The van der Waals surface area contributed by atoms with Crippen molar-refractivity contribution in [1.29, 1.82) is 0 Å². The Bertz CT molecular complexity index is 1040. The number of aromatic amines is 1. The van der Waals surface area contributed by atoms with Gasteiger partial charge in [-0.15, -0.1) is 0 Å². The fourth-order valence-corrected chi connectivity index (χ4v) is 5.20. The summed E-state index contributed by atoms with van der Waals surface area (Å²) >= 11 is 0. The summed E-state index contributed by atoms with van der Waals surface area (Å²) in [5, 5.41) is 0.950. The number of hydrogen-bond acceptors (Lipinski definition) is 5. The van der Waals surface area contributed by atoms with Gasteiger partial charge in [0.25, 0.3) is 0 Å². The van der Waals surface area contributed by atoms with Crippen LogP contribution in [-0.2, 0) is 9.84 Å². The van der Waals surface area contributed by atoms with Gasteiger partial charge in [0.1, 0.15) is 23.6 Å². The van der Waals surface area contributed by atoms with Crippen LogP contribution < -0.4 is 4.90 Å². The Kier molecular flexibility index (Phi) is 4.14. The quantitative estimate of drug-likeness (QED) is 0.743. The zero-order valence-electron chi connectivity index (χ0n) is 14.3. The zero-order valence-corrected chi connectivity index (χ0v) is 15.1. The van der Waals surface area contributed by atoms with E-state index >= 15 is 0 Å². The van der Waals surface area contributed by atoms with Crippen LogP contribution in [0.2, 0.25) is 0 Å². The molecule has 1 aliphatic carbocycles. The molecule has 0 atom stereocenters. The molecule has 3 aromatic rings. The first-order valence-corrected chi connectivity index (χ1v) is 10.1. The lowest BCUT2D eigenvalue weighted by molar-refractivity contribution is 0.282. The first-order chi connectivity index (χ1) is 12.4. The summed E-state index contributed by atoms with van der Waals surface area (Å²) in [6, 6.07) is 7.38. The molecule has 1 saturated carbocycles. The number of H-pyrrole nitrogens is 1. The first-order valence-electron chi connectivity index (χ1n) is 8.43. The van der Waals surface area contributed by atoms with Crippen LogP contribution in [0.3, 0.4) is 0 Å². The van der Waals surface area contributed by atoms with Gasteiger partial charge in [0.05, 0.1) is 16.0 Å². The lowest BCUT2D eigenvalue weighted by atomic mass is 9.81. The van der Waals surface area contributed by atoms with Crippen molar-refractivity contribution in [3.63, 3.8) is 0 Å². The van der Waals surface area contributed by atoms with E-state index < -0.39 is 15.7 Å². The molecule has 0 aliphatic heterocycles. The van der Waals surface area contributed by atoms with Crippen LogP contribution in [-0.4, -0.2) is 42.2 Å². The Labute approximate surface area is 151 Å². The van der Waals surface area contributed by atoms with E-state index in [1.165, 1.54) is 24.5 Å². The molecular formula is C18H19FN4O2S. The fraction of sp³-hybridized carbons (Fsp3) is 0.333. The number of rotatable bonds is 5. The van der Waals surface area contributed by atoms with Gasteiger partial charge in [-0.3, -0.25) is 0 Å². The summed E-state index contributed by atoms with van der Waals surface area (Å²) in [6.07, 6.45) is 4.88. The van der Waals surface area contributed by atoms with Crippen molar-refractivity contribution in [2.45, 2.75) is 23.8 Å². The van der Waals surface area contributed by atoms with Gasteiger partial charge in [0.2, 0.25) is 0 Å². The monoisotopic (exact) mass is 374 g/mol. The second-order valence-electron chi connectivity index (χ2n) is 6.78. The highest BCUT2D eigenvalue weighted by atomic mass is 32.2. The number of nitrogens with one attached hydrogen (secondary N) is 1. The number of nitrogens with zero attached hydrogens (tertiary/aromatic N) is 3. The maximum absolute atomic E-state index is 13.3. The number of sulfone groups is 1. The van der Waals surface area contributed by atoms with Gasteiger partial charge in [-0.05, 0) is 43.0 Å². The summed E-state index contributed by atoms with van der Waals surface area (Å²) < 4.78 is 38.2. The maximum atomic E-state index is 13.3. The van der Waals surface area contributed by atoms with E-state index in [0.717, 1.165) is 35.8 Å². The van der Waals surface area contributed by atoms with Crippen LogP contribution in [0, 0.1) is 11.7 Å². The molecule has 4 rings (SSSR count). The van der Waals surface area contributed by atoms with Gasteiger partial charge in [0, 0.05) is 19.3 Å².